The van der Waals surface area contributed by atoms with Gasteiger partial charge in [-0.25, -0.2) is 0 Å². The van der Waals surface area contributed by atoms with Gasteiger partial charge in [-0.15, -0.1) is 28.7 Å². The standard InChI is InChI=1S/C9H16N2O3S.BrH/c1-3-9(2)11(7(12)4-10)6(5-15-9)8(13)14;/h6H,3-5,10H2,1-2H3,(H,13,14);1H/p-1. The van der Waals surface area contributed by atoms with Crippen molar-refractivity contribution >= 4 is 40.6 Å². The molecular weight excluding hydrogens is 296 g/mol. The molecule has 1 aliphatic rings. The first-order valence-electron chi connectivity index (χ1n) is 4.83. The van der Waals surface area contributed by atoms with Gasteiger partial charge in [-0.1, -0.05) is 6.92 Å². The average Bonchev–Trinajstić information content (AvgIpc) is 2.56. The minimum atomic E-state index is -1.21. The molecule has 0 spiro atoms. The number of carbonyl (C=O) groups is 2. The first kappa shape index (κ1) is 15.7. The zero-order chi connectivity index (χ0) is 11.6. The normalized spacial score (nSPS) is 28.7. The number of amides is 1. The van der Waals surface area contributed by atoms with Crippen LogP contribution in [0.3, 0.4) is 0 Å². The van der Waals surface area contributed by atoms with Gasteiger partial charge in [0.25, 0.3) is 0 Å². The lowest BCUT2D eigenvalue weighted by atomic mass is 10.1. The van der Waals surface area contributed by atoms with Crippen LogP contribution in [-0.4, -0.2) is 40.0 Å². The summed E-state index contributed by atoms with van der Waals surface area (Å²) in [5.41, 5.74) is 5.28. The largest absolute Gasteiger partial charge is 0.548 e. The molecule has 2 unspecified atom stereocenters. The highest BCUT2D eigenvalue weighted by Crippen LogP contribution is 2.41. The Hall–Kier alpha value is -0.270. The maximum atomic E-state index is 11.6. The van der Waals surface area contributed by atoms with Crippen LogP contribution in [0.1, 0.15) is 20.3 Å². The predicted octanol–water partition coefficient (Wildman–Crippen LogP) is -0.657. The third-order valence-electron chi connectivity index (χ3n) is 2.74. The summed E-state index contributed by atoms with van der Waals surface area (Å²) in [5, 5.41) is 10.9. The minimum absolute atomic E-state index is 0. The summed E-state index contributed by atoms with van der Waals surface area (Å²) in [6.07, 6.45) is 0.688. The molecule has 1 heterocycles. The lowest BCUT2D eigenvalue weighted by molar-refractivity contribution is -0.310. The summed E-state index contributed by atoms with van der Waals surface area (Å²) in [5.74, 6) is -1.17. The Labute approximate surface area is 110 Å². The van der Waals surface area contributed by atoms with Crippen LogP contribution in [0, 0.1) is 0 Å². The Morgan fingerprint density at radius 1 is 1.62 bits per heavy atom. The Morgan fingerprint density at radius 2 is 2.19 bits per heavy atom. The van der Waals surface area contributed by atoms with Gasteiger partial charge >= 0.3 is 0 Å². The first-order chi connectivity index (χ1) is 6.96. The smallest absolute Gasteiger partial charge is 0.237 e. The third kappa shape index (κ3) is 2.70. The molecule has 0 saturated carbocycles. The van der Waals surface area contributed by atoms with Crippen molar-refractivity contribution in [2.45, 2.75) is 31.2 Å². The fraction of sp³-hybridized carbons (Fsp3) is 0.778. The summed E-state index contributed by atoms with van der Waals surface area (Å²) >= 11 is 1.46. The molecule has 0 aromatic heterocycles. The number of carboxylic acids is 1. The molecule has 1 rings (SSSR count). The van der Waals surface area contributed by atoms with Crippen molar-refractivity contribution in [2.24, 2.45) is 5.73 Å². The summed E-state index contributed by atoms with van der Waals surface area (Å²) in [7, 11) is 0. The van der Waals surface area contributed by atoms with Gasteiger partial charge in [0.1, 0.15) is 0 Å². The molecule has 0 bridgehead atoms. The molecule has 94 valence electrons. The van der Waals surface area contributed by atoms with Crippen LogP contribution in [0.25, 0.3) is 0 Å². The quantitative estimate of drug-likeness (QED) is 0.748. The molecule has 16 heavy (non-hydrogen) atoms. The maximum Gasteiger partial charge on any atom is 0.237 e. The highest BCUT2D eigenvalue weighted by atomic mass is 79.9. The molecule has 1 fully saturated rings. The van der Waals surface area contributed by atoms with Gasteiger partial charge < -0.3 is 20.5 Å². The Bertz CT molecular complexity index is 290. The van der Waals surface area contributed by atoms with Crippen LogP contribution < -0.4 is 10.8 Å². The summed E-state index contributed by atoms with van der Waals surface area (Å²) in [6, 6.07) is -0.851. The zero-order valence-electron chi connectivity index (χ0n) is 9.26. The summed E-state index contributed by atoms with van der Waals surface area (Å²) in [6.45, 7) is 3.61. The number of rotatable bonds is 3. The lowest BCUT2D eigenvalue weighted by Crippen LogP contribution is -2.56. The highest BCUT2D eigenvalue weighted by molar-refractivity contribution is 8.93. The molecule has 0 aromatic rings. The molecule has 0 radical (unpaired) electrons. The van der Waals surface area contributed by atoms with Crippen LogP contribution in [-0.2, 0) is 9.59 Å². The predicted molar refractivity (Wildman–Crippen MR) is 66.2 cm³/mol. The van der Waals surface area contributed by atoms with Gasteiger partial charge in [-0.2, -0.15) is 0 Å². The van der Waals surface area contributed by atoms with Crippen molar-refractivity contribution in [1.82, 2.24) is 4.90 Å². The number of carbonyl (C=O) groups excluding carboxylic acids is 2. The van der Waals surface area contributed by atoms with Crippen molar-refractivity contribution in [2.75, 3.05) is 12.3 Å². The Balaban J connectivity index is 0.00000225. The molecular formula is C9H16BrN2O3S-. The number of carboxylic acid groups (broad SMARTS) is 1. The van der Waals surface area contributed by atoms with E-state index in [2.05, 4.69) is 0 Å². The van der Waals surface area contributed by atoms with Gasteiger partial charge in [0, 0.05) is 5.75 Å². The van der Waals surface area contributed by atoms with Crippen LogP contribution >= 0.6 is 28.7 Å². The molecule has 0 aliphatic carbocycles. The number of nitrogens with two attached hydrogens (primary N) is 1. The van der Waals surface area contributed by atoms with Gasteiger partial charge in [0.2, 0.25) is 5.91 Å². The second kappa shape index (κ2) is 5.88. The number of hydrogen-bond acceptors (Lipinski definition) is 5. The Morgan fingerprint density at radius 3 is 2.56 bits per heavy atom. The fourth-order valence-electron chi connectivity index (χ4n) is 1.71. The van der Waals surface area contributed by atoms with Gasteiger partial charge in [-0.3, -0.25) is 4.79 Å². The SMILES string of the molecule is Br.CCC1(C)SCC(C(=O)[O-])N1C(=O)CN. The Kier molecular flexibility index (Phi) is 5.78. The van der Waals surface area contributed by atoms with E-state index >= 15 is 0 Å². The topological polar surface area (TPSA) is 86.5 Å². The lowest BCUT2D eigenvalue weighted by Gasteiger charge is -2.37. The van der Waals surface area contributed by atoms with E-state index in [4.69, 9.17) is 5.73 Å². The van der Waals surface area contributed by atoms with Gasteiger partial charge in [-0.05, 0) is 13.3 Å². The van der Waals surface area contributed by atoms with Crippen LogP contribution in [0.4, 0.5) is 0 Å². The molecule has 1 aliphatic heterocycles. The first-order valence-corrected chi connectivity index (χ1v) is 5.82. The van der Waals surface area contributed by atoms with Crippen molar-refractivity contribution in [1.29, 1.82) is 0 Å². The summed E-state index contributed by atoms with van der Waals surface area (Å²) in [4.78, 5) is 23.4. The zero-order valence-corrected chi connectivity index (χ0v) is 11.8. The molecule has 0 aromatic carbocycles. The van der Waals surface area contributed by atoms with E-state index < -0.39 is 16.9 Å². The fourth-order valence-corrected chi connectivity index (χ4v) is 3.09. The van der Waals surface area contributed by atoms with Crippen molar-refractivity contribution in [3.8, 4) is 0 Å². The molecule has 2 atom stereocenters. The molecule has 1 saturated heterocycles. The van der Waals surface area contributed by atoms with Crippen molar-refractivity contribution in [3.63, 3.8) is 0 Å². The van der Waals surface area contributed by atoms with E-state index in [1.807, 2.05) is 13.8 Å². The number of halogens is 1. The van der Waals surface area contributed by atoms with Crippen LogP contribution in [0.2, 0.25) is 0 Å². The van der Waals surface area contributed by atoms with E-state index in [-0.39, 0.29) is 29.4 Å². The van der Waals surface area contributed by atoms with E-state index in [1.165, 1.54) is 16.7 Å². The minimum Gasteiger partial charge on any atom is -0.548 e. The van der Waals surface area contributed by atoms with Gasteiger partial charge in [0.05, 0.1) is 23.4 Å². The van der Waals surface area contributed by atoms with Crippen LogP contribution in [0.5, 0.6) is 0 Å². The molecule has 5 nitrogen and oxygen atoms in total. The summed E-state index contributed by atoms with van der Waals surface area (Å²) < 4.78 is 0. The number of aliphatic carboxylic acids is 1. The molecule has 2 N–H and O–H groups in total. The monoisotopic (exact) mass is 311 g/mol. The average molecular weight is 312 g/mol. The van der Waals surface area contributed by atoms with Gasteiger partial charge in [0.15, 0.2) is 0 Å². The second-order valence-corrected chi connectivity index (χ2v) is 5.14. The van der Waals surface area contributed by atoms with Crippen LogP contribution in [0.15, 0.2) is 0 Å². The number of thioether (sulfide) groups is 1. The highest BCUT2D eigenvalue weighted by Gasteiger charge is 2.45. The maximum absolute atomic E-state index is 11.6. The number of nitrogens with zero attached hydrogens (tertiary/aromatic N) is 1. The van der Waals surface area contributed by atoms with E-state index in [1.54, 1.807) is 0 Å². The number of hydrogen-bond donors (Lipinski definition) is 1. The third-order valence-corrected chi connectivity index (χ3v) is 4.33. The second-order valence-electron chi connectivity index (χ2n) is 3.64. The molecule has 1 amide bonds. The van der Waals surface area contributed by atoms with E-state index in [0.29, 0.717) is 12.2 Å². The molecule has 7 heteroatoms. The van der Waals surface area contributed by atoms with E-state index in [0.717, 1.165) is 0 Å². The van der Waals surface area contributed by atoms with Crippen molar-refractivity contribution < 1.29 is 14.7 Å². The van der Waals surface area contributed by atoms with E-state index in [9.17, 15) is 14.7 Å². The van der Waals surface area contributed by atoms with Crippen molar-refractivity contribution in [3.05, 3.63) is 0 Å².